The van der Waals surface area contributed by atoms with Crippen LogP contribution in [0.25, 0.3) is 0 Å². The minimum absolute atomic E-state index is 0. The minimum Gasteiger partial charge on any atom is -0.481 e. The van der Waals surface area contributed by atoms with Crippen LogP contribution in [0.3, 0.4) is 0 Å². The molecule has 0 unspecified atom stereocenters. The monoisotopic (exact) mass is 227 g/mol. The molecule has 82 valence electrons. The molecule has 1 aliphatic rings. The first-order chi connectivity index (χ1) is 6.70. The van der Waals surface area contributed by atoms with Gasteiger partial charge in [0.25, 0.3) is 0 Å². The SMILES string of the molecule is Cl.N[C@H]1c2ccccc2CC[C@H]1C(=O)O. The molecule has 2 rings (SSSR count). The molecule has 0 saturated carbocycles. The quantitative estimate of drug-likeness (QED) is 0.769. The maximum Gasteiger partial charge on any atom is 0.308 e. The Balaban J connectivity index is 0.00000112. The molecule has 0 heterocycles. The third-order valence-corrected chi connectivity index (χ3v) is 2.89. The second-order valence-corrected chi connectivity index (χ2v) is 3.71. The fourth-order valence-corrected chi connectivity index (χ4v) is 2.07. The van der Waals surface area contributed by atoms with Crippen molar-refractivity contribution in [2.24, 2.45) is 11.7 Å². The van der Waals surface area contributed by atoms with Crippen molar-refractivity contribution in [3.63, 3.8) is 0 Å². The maximum atomic E-state index is 10.9. The van der Waals surface area contributed by atoms with E-state index in [0.29, 0.717) is 6.42 Å². The van der Waals surface area contributed by atoms with Gasteiger partial charge in [-0.25, -0.2) is 0 Å². The normalized spacial score (nSPS) is 23.8. The summed E-state index contributed by atoms with van der Waals surface area (Å²) in [6.07, 6.45) is 1.47. The van der Waals surface area contributed by atoms with Gasteiger partial charge in [0, 0.05) is 6.04 Å². The standard InChI is InChI=1S/C11H13NO2.ClH/c12-10-8-4-2-1-3-7(8)5-6-9(10)11(13)14;/h1-4,9-10H,5-6,12H2,(H,13,14);1H/t9-,10+;/m1./s1. The van der Waals surface area contributed by atoms with Gasteiger partial charge in [-0.2, -0.15) is 0 Å². The number of carboxylic acids is 1. The lowest BCUT2D eigenvalue weighted by atomic mass is 9.80. The zero-order valence-electron chi connectivity index (χ0n) is 8.22. The molecule has 0 amide bonds. The van der Waals surface area contributed by atoms with Gasteiger partial charge in [-0.3, -0.25) is 4.79 Å². The van der Waals surface area contributed by atoms with E-state index in [-0.39, 0.29) is 18.4 Å². The number of aliphatic carboxylic acids is 1. The molecule has 0 aromatic heterocycles. The summed E-state index contributed by atoms with van der Waals surface area (Å²) in [6.45, 7) is 0. The van der Waals surface area contributed by atoms with Crippen molar-refractivity contribution in [2.75, 3.05) is 0 Å². The molecular formula is C11H14ClNO2. The highest BCUT2D eigenvalue weighted by Crippen LogP contribution is 2.32. The Morgan fingerprint density at radius 3 is 2.73 bits per heavy atom. The summed E-state index contributed by atoms with van der Waals surface area (Å²) in [7, 11) is 0. The predicted octanol–water partition coefficient (Wildman–Crippen LogP) is 1.76. The van der Waals surface area contributed by atoms with Crippen molar-refractivity contribution in [3.8, 4) is 0 Å². The smallest absolute Gasteiger partial charge is 0.308 e. The summed E-state index contributed by atoms with van der Waals surface area (Å²) in [4.78, 5) is 10.9. The van der Waals surface area contributed by atoms with Crippen molar-refractivity contribution >= 4 is 18.4 Å². The van der Waals surface area contributed by atoms with E-state index >= 15 is 0 Å². The fraction of sp³-hybridized carbons (Fsp3) is 0.364. The predicted molar refractivity (Wildman–Crippen MR) is 60.1 cm³/mol. The van der Waals surface area contributed by atoms with Crippen LogP contribution in [0.1, 0.15) is 23.6 Å². The average Bonchev–Trinajstić information content (AvgIpc) is 2.18. The van der Waals surface area contributed by atoms with Gasteiger partial charge in [-0.1, -0.05) is 24.3 Å². The number of benzene rings is 1. The number of nitrogens with two attached hydrogens (primary N) is 1. The molecule has 0 spiro atoms. The Bertz CT molecular complexity index is 367. The van der Waals surface area contributed by atoms with Crippen LogP contribution in [0.4, 0.5) is 0 Å². The Labute approximate surface area is 94.7 Å². The molecule has 4 heteroatoms. The van der Waals surface area contributed by atoms with Gasteiger partial charge in [0.15, 0.2) is 0 Å². The Kier molecular flexibility index (Phi) is 3.72. The first-order valence-electron chi connectivity index (χ1n) is 4.76. The van der Waals surface area contributed by atoms with Crippen LogP contribution in [0.15, 0.2) is 24.3 Å². The summed E-state index contributed by atoms with van der Waals surface area (Å²) < 4.78 is 0. The number of halogens is 1. The summed E-state index contributed by atoms with van der Waals surface area (Å²) >= 11 is 0. The lowest BCUT2D eigenvalue weighted by molar-refractivity contribution is -0.143. The zero-order chi connectivity index (χ0) is 10.1. The second-order valence-electron chi connectivity index (χ2n) is 3.71. The van der Waals surface area contributed by atoms with Crippen LogP contribution in [0, 0.1) is 5.92 Å². The van der Waals surface area contributed by atoms with E-state index in [9.17, 15) is 4.79 Å². The number of carboxylic acid groups (broad SMARTS) is 1. The van der Waals surface area contributed by atoms with Gasteiger partial charge in [-0.05, 0) is 24.0 Å². The highest BCUT2D eigenvalue weighted by molar-refractivity contribution is 5.85. The van der Waals surface area contributed by atoms with E-state index in [1.165, 1.54) is 5.56 Å². The Morgan fingerprint density at radius 2 is 2.07 bits per heavy atom. The molecule has 0 aliphatic heterocycles. The highest BCUT2D eigenvalue weighted by Gasteiger charge is 2.31. The molecule has 0 fully saturated rings. The molecule has 1 aromatic rings. The summed E-state index contributed by atoms with van der Waals surface area (Å²) in [5.41, 5.74) is 8.09. The minimum atomic E-state index is -0.785. The number of rotatable bonds is 1. The molecule has 3 N–H and O–H groups in total. The third-order valence-electron chi connectivity index (χ3n) is 2.89. The van der Waals surface area contributed by atoms with Gasteiger partial charge in [-0.15, -0.1) is 12.4 Å². The van der Waals surface area contributed by atoms with Crippen LogP contribution < -0.4 is 5.73 Å². The van der Waals surface area contributed by atoms with Crippen molar-refractivity contribution < 1.29 is 9.90 Å². The van der Waals surface area contributed by atoms with Crippen molar-refractivity contribution in [3.05, 3.63) is 35.4 Å². The summed E-state index contributed by atoms with van der Waals surface area (Å²) in [6, 6.07) is 7.47. The van der Waals surface area contributed by atoms with E-state index in [1.54, 1.807) is 0 Å². The molecule has 2 atom stereocenters. The van der Waals surface area contributed by atoms with Crippen LogP contribution in [0.5, 0.6) is 0 Å². The first-order valence-corrected chi connectivity index (χ1v) is 4.76. The average molecular weight is 228 g/mol. The second kappa shape index (κ2) is 4.64. The van der Waals surface area contributed by atoms with E-state index in [0.717, 1.165) is 12.0 Å². The third kappa shape index (κ3) is 2.13. The molecular weight excluding hydrogens is 214 g/mol. The van der Waals surface area contributed by atoms with Gasteiger partial charge in [0.1, 0.15) is 0 Å². The van der Waals surface area contributed by atoms with Gasteiger partial charge in [0.2, 0.25) is 0 Å². The van der Waals surface area contributed by atoms with E-state index in [2.05, 4.69) is 0 Å². The molecule has 0 saturated heterocycles. The summed E-state index contributed by atoms with van der Waals surface area (Å²) in [5, 5.41) is 8.95. The van der Waals surface area contributed by atoms with Gasteiger partial charge >= 0.3 is 5.97 Å². The number of hydrogen-bond acceptors (Lipinski definition) is 2. The van der Waals surface area contributed by atoms with Crippen molar-refractivity contribution in [1.29, 1.82) is 0 Å². The van der Waals surface area contributed by atoms with Crippen LogP contribution in [-0.2, 0) is 11.2 Å². The highest BCUT2D eigenvalue weighted by atomic mass is 35.5. The largest absolute Gasteiger partial charge is 0.481 e. The van der Waals surface area contributed by atoms with Gasteiger partial charge < -0.3 is 10.8 Å². The topological polar surface area (TPSA) is 63.3 Å². The van der Waals surface area contributed by atoms with E-state index in [1.807, 2.05) is 24.3 Å². The lowest BCUT2D eigenvalue weighted by Crippen LogP contribution is -2.32. The van der Waals surface area contributed by atoms with E-state index < -0.39 is 11.9 Å². The maximum absolute atomic E-state index is 10.9. The molecule has 0 radical (unpaired) electrons. The van der Waals surface area contributed by atoms with E-state index in [4.69, 9.17) is 10.8 Å². The molecule has 0 bridgehead atoms. The van der Waals surface area contributed by atoms with Crippen molar-refractivity contribution in [1.82, 2.24) is 0 Å². The zero-order valence-corrected chi connectivity index (χ0v) is 9.04. The number of fused-ring (bicyclic) bond motifs is 1. The van der Waals surface area contributed by atoms with Crippen LogP contribution in [-0.4, -0.2) is 11.1 Å². The first kappa shape index (κ1) is 12.0. The molecule has 3 nitrogen and oxygen atoms in total. The number of carbonyl (C=O) groups is 1. The van der Waals surface area contributed by atoms with Crippen molar-refractivity contribution in [2.45, 2.75) is 18.9 Å². The Hall–Kier alpha value is -1.06. The molecule has 1 aromatic carbocycles. The number of aryl methyl sites for hydroxylation is 1. The van der Waals surface area contributed by atoms with Crippen LogP contribution in [0.2, 0.25) is 0 Å². The fourth-order valence-electron chi connectivity index (χ4n) is 2.07. The molecule has 15 heavy (non-hydrogen) atoms. The molecule has 1 aliphatic carbocycles. The summed E-state index contributed by atoms with van der Waals surface area (Å²) in [5.74, 6) is -1.21. The number of hydrogen-bond donors (Lipinski definition) is 2. The van der Waals surface area contributed by atoms with Crippen LogP contribution >= 0.6 is 12.4 Å². The lowest BCUT2D eigenvalue weighted by Gasteiger charge is -2.27. The Morgan fingerprint density at radius 1 is 1.40 bits per heavy atom. The van der Waals surface area contributed by atoms with Gasteiger partial charge in [0.05, 0.1) is 5.92 Å².